The summed E-state index contributed by atoms with van der Waals surface area (Å²) in [7, 11) is 0. The Kier molecular flexibility index (Phi) is 7.87. The minimum atomic E-state index is -0.177. The smallest absolute Gasteiger partial charge is 0.249 e. The zero-order valence-electron chi connectivity index (χ0n) is 24.2. The molecule has 7 nitrogen and oxygen atoms in total. The van der Waals surface area contributed by atoms with E-state index in [1.165, 1.54) is 11.1 Å². The second kappa shape index (κ2) is 12.2. The van der Waals surface area contributed by atoms with Crippen molar-refractivity contribution in [2.24, 2.45) is 0 Å². The molecule has 0 amide bonds. The van der Waals surface area contributed by atoms with Crippen molar-refractivity contribution in [3.8, 4) is 11.5 Å². The Labute approximate surface area is 251 Å². The number of ether oxygens (including phenoxy) is 2. The number of para-hydroxylation sites is 1. The number of morpholine rings is 1. The molecule has 43 heavy (non-hydrogen) atoms. The van der Waals surface area contributed by atoms with E-state index >= 15 is 0 Å². The molecule has 4 heterocycles. The Bertz CT molecular complexity index is 1630. The second-order valence-corrected chi connectivity index (χ2v) is 11.8. The summed E-state index contributed by atoms with van der Waals surface area (Å²) in [6, 6.07) is 23.6. The van der Waals surface area contributed by atoms with Gasteiger partial charge in [0.2, 0.25) is 5.56 Å². The first-order chi connectivity index (χ1) is 21.1. The number of likely N-dealkylation sites (tertiary alicyclic amines) is 1. The molecule has 1 unspecified atom stereocenters. The van der Waals surface area contributed by atoms with Crippen LogP contribution in [-0.4, -0.2) is 55.3 Å². The molecule has 2 N–H and O–H groups in total. The molecule has 0 bridgehead atoms. The van der Waals surface area contributed by atoms with Gasteiger partial charge in [-0.1, -0.05) is 30.3 Å². The maximum Gasteiger partial charge on any atom is 0.249 e. The van der Waals surface area contributed by atoms with Gasteiger partial charge in [-0.25, -0.2) is 4.39 Å². The molecule has 2 fully saturated rings. The van der Waals surface area contributed by atoms with Crippen LogP contribution >= 0.6 is 0 Å². The van der Waals surface area contributed by atoms with Gasteiger partial charge in [-0.15, -0.1) is 0 Å². The van der Waals surface area contributed by atoms with Crippen LogP contribution in [0, 0.1) is 5.82 Å². The number of fused-ring (bicyclic) bond motifs is 2. The topological polar surface area (TPSA) is 69.8 Å². The van der Waals surface area contributed by atoms with Gasteiger partial charge in [0.1, 0.15) is 23.4 Å². The van der Waals surface area contributed by atoms with Crippen molar-refractivity contribution in [1.29, 1.82) is 0 Å². The third-order valence-corrected chi connectivity index (χ3v) is 8.91. The molecule has 3 aromatic carbocycles. The van der Waals surface area contributed by atoms with Crippen molar-refractivity contribution >= 4 is 11.4 Å². The molecule has 3 aliphatic heterocycles. The lowest BCUT2D eigenvalue weighted by atomic mass is 9.95. The zero-order valence-corrected chi connectivity index (χ0v) is 24.2. The molecular formula is C35H37FN4O3. The minimum absolute atomic E-state index is 0.101. The number of benzene rings is 3. The van der Waals surface area contributed by atoms with Gasteiger partial charge in [-0.05, 0) is 66.8 Å². The maximum atomic E-state index is 13.2. The van der Waals surface area contributed by atoms with E-state index < -0.39 is 0 Å². The highest BCUT2D eigenvalue weighted by Crippen LogP contribution is 2.43. The van der Waals surface area contributed by atoms with E-state index in [2.05, 4.69) is 56.5 Å². The molecule has 0 aliphatic carbocycles. The number of nitrogens with zero attached hydrogens (tertiary/aromatic N) is 2. The Morgan fingerprint density at radius 2 is 1.81 bits per heavy atom. The third-order valence-electron chi connectivity index (χ3n) is 8.91. The number of nitrogens with one attached hydrogen (secondary N) is 2. The highest BCUT2D eigenvalue weighted by atomic mass is 19.1. The van der Waals surface area contributed by atoms with Crippen molar-refractivity contribution in [1.82, 2.24) is 9.88 Å². The summed E-state index contributed by atoms with van der Waals surface area (Å²) in [5.41, 5.74) is 6.51. The summed E-state index contributed by atoms with van der Waals surface area (Å²) >= 11 is 0. The summed E-state index contributed by atoms with van der Waals surface area (Å²) in [5, 5.41) is 3.77. The fourth-order valence-electron chi connectivity index (χ4n) is 6.52. The molecule has 3 aliphatic rings. The molecule has 2 saturated heterocycles. The standard InChI is InChI=1S/C35H37FN4O3/c36-27-6-4-24(5-7-27)11-15-39-16-12-28(13-17-39)38-29-8-9-32-26(21-29)20-25-2-1-3-31(35(25)43-32)33-23-40(18-19-42-33)30-10-14-37-34(41)22-30/h1-10,14,21-22,28,33,38H,11-13,15-20,23H2,(H,37,41). The number of hydrogen-bond acceptors (Lipinski definition) is 6. The number of aromatic amines is 1. The van der Waals surface area contributed by atoms with E-state index in [4.69, 9.17) is 9.47 Å². The molecule has 1 aromatic heterocycles. The van der Waals surface area contributed by atoms with Crippen molar-refractivity contribution in [2.45, 2.75) is 37.8 Å². The van der Waals surface area contributed by atoms with Gasteiger partial charge >= 0.3 is 0 Å². The number of H-pyrrole nitrogens is 1. The molecular weight excluding hydrogens is 543 g/mol. The number of aromatic nitrogens is 1. The van der Waals surface area contributed by atoms with Gasteiger partial charge in [-0.3, -0.25) is 4.79 Å². The first kappa shape index (κ1) is 27.7. The summed E-state index contributed by atoms with van der Waals surface area (Å²) in [4.78, 5) is 19.3. The lowest BCUT2D eigenvalue weighted by Crippen LogP contribution is -2.40. The predicted octanol–water partition coefficient (Wildman–Crippen LogP) is 5.91. The van der Waals surface area contributed by atoms with Crippen molar-refractivity contribution in [3.05, 3.63) is 117 Å². The molecule has 0 saturated carbocycles. The summed E-state index contributed by atoms with van der Waals surface area (Å²) in [5.74, 6) is 1.60. The average Bonchev–Trinajstić information content (AvgIpc) is 3.04. The van der Waals surface area contributed by atoms with Gasteiger partial charge in [-0.2, -0.15) is 0 Å². The Morgan fingerprint density at radius 3 is 2.65 bits per heavy atom. The van der Waals surface area contributed by atoms with Crippen LogP contribution < -0.4 is 20.5 Å². The molecule has 7 rings (SSSR count). The van der Waals surface area contributed by atoms with Crippen molar-refractivity contribution < 1.29 is 13.9 Å². The molecule has 0 spiro atoms. The Balaban J connectivity index is 0.971. The van der Waals surface area contributed by atoms with Crippen LogP contribution in [0.2, 0.25) is 0 Å². The maximum absolute atomic E-state index is 13.2. The van der Waals surface area contributed by atoms with Crippen molar-refractivity contribution in [3.63, 3.8) is 0 Å². The number of pyridine rings is 1. The van der Waals surface area contributed by atoms with Crippen LogP contribution in [0.3, 0.4) is 0 Å². The predicted molar refractivity (Wildman–Crippen MR) is 167 cm³/mol. The van der Waals surface area contributed by atoms with E-state index in [0.29, 0.717) is 19.2 Å². The molecule has 222 valence electrons. The minimum Gasteiger partial charge on any atom is -0.456 e. The van der Waals surface area contributed by atoms with Gasteiger partial charge < -0.3 is 29.6 Å². The lowest BCUT2D eigenvalue weighted by molar-refractivity contribution is 0.0384. The molecule has 4 aromatic rings. The number of piperidine rings is 1. The fraction of sp³-hybridized carbons (Fsp3) is 0.343. The highest BCUT2D eigenvalue weighted by Gasteiger charge is 2.29. The normalized spacial score (nSPS) is 18.9. The van der Waals surface area contributed by atoms with Gasteiger partial charge in [0.25, 0.3) is 0 Å². The van der Waals surface area contributed by atoms with E-state index in [1.807, 2.05) is 18.2 Å². The SMILES string of the molecule is O=c1cc(N2CCOC(c3cccc4c3Oc3ccc(NC5CCN(CCc6ccc(F)cc6)CC5)cc3C4)C2)cc[nH]1. The first-order valence-electron chi connectivity index (χ1n) is 15.3. The largest absolute Gasteiger partial charge is 0.456 e. The fourth-order valence-corrected chi connectivity index (χ4v) is 6.52. The lowest BCUT2D eigenvalue weighted by Gasteiger charge is -2.36. The average molecular weight is 581 g/mol. The number of hydrogen-bond donors (Lipinski definition) is 2. The van der Waals surface area contributed by atoms with Crippen LogP contribution in [0.5, 0.6) is 11.5 Å². The summed E-state index contributed by atoms with van der Waals surface area (Å²) in [6.45, 7) is 5.11. The van der Waals surface area contributed by atoms with Crippen LogP contribution in [0.15, 0.2) is 83.8 Å². The van der Waals surface area contributed by atoms with E-state index in [0.717, 1.165) is 85.9 Å². The van der Waals surface area contributed by atoms with Crippen LogP contribution in [0.1, 0.15) is 41.2 Å². The van der Waals surface area contributed by atoms with Crippen molar-refractivity contribution in [2.75, 3.05) is 49.5 Å². The van der Waals surface area contributed by atoms with E-state index in [9.17, 15) is 9.18 Å². The zero-order chi connectivity index (χ0) is 29.2. The van der Waals surface area contributed by atoms with Crippen LogP contribution in [0.25, 0.3) is 0 Å². The molecule has 0 radical (unpaired) electrons. The number of anilines is 2. The summed E-state index contributed by atoms with van der Waals surface area (Å²) < 4.78 is 25.9. The number of rotatable bonds is 7. The van der Waals surface area contributed by atoms with Gasteiger partial charge in [0.15, 0.2) is 0 Å². The Hall–Kier alpha value is -4.14. The number of halogens is 1. The van der Waals surface area contributed by atoms with Crippen LogP contribution in [0.4, 0.5) is 15.8 Å². The summed E-state index contributed by atoms with van der Waals surface area (Å²) in [6.07, 6.45) is 5.49. The quantitative estimate of drug-likeness (QED) is 0.250. The second-order valence-electron chi connectivity index (χ2n) is 11.8. The molecule has 8 heteroatoms. The van der Waals surface area contributed by atoms with E-state index in [1.54, 1.807) is 24.4 Å². The highest BCUT2D eigenvalue weighted by molar-refractivity contribution is 5.59. The Morgan fingerprint density at radius 1 is 0.953 bits per heavy atom. The first-order valence-corrected chi connectivity index (χ1v) is 15.3. The molecule has 1 atom stereocenters. The van der Waals surface area contributed by atoms with E-state index in [-0.39, 0.29) is 17.5 Å². The monoisotopic (exact) mass is 580 g/mol. The van der Waals surface area contributed by atoms with Crippen LogP contribution in [-0.2, 0) is 17.6 Å². The third kappa shape index (κ3) is 6.31. The van der Waals surface area contributed by atoms with Gasteiger partial charge in [0, 0.05) is 80.0 Å². The van der Waals surface area contributed by atoms with Gasteiger partial charge in [0.05, 0.1) is 6.61 Å².